The molecule has 1 atom stereocenters. The Kier molecular flexibility index (Phi) is 4.44. The summed E-state index contributed by atoms with van der Waals surface area (Å²) in [5, 5.41) is 2.79. The molecule has 1 amide bonds. The molecular formula is C13H18BrN3O2. The fourth-order valence-electron chi connectivity index (χ4n) is 2.05. The third-order valence-corrected chi connectivity index (χ3v) is 3.82. The number of amides is 1. The van der Waals surface area contributed by atoms with Crippen LogP contribution in [0.3, 0.4) is 0 Å². The second-order valence-electron chi connectivity index (χ2n) is 4.48. The Labute approximate surface area is 121 Å². The highest BCUT2D eigenvalue weighted by atomic mass is 79.9. The van der Waals surface area contributed by atoms with Crippen molar-refractivity contribution in [3.05, 3.63) is 22.2 Å². The molecule has 0 aliphatic carbocycles. The van der Waals surface area contributed by atoms with Crippen molar-refractivity contribution in [3.8, 4) is 0 Å². The summed E-state index contributed by atoms with van der Waals surface area (Å²) >= 11 is 3.53. The van der Waals surface area contributed by atoms with Crippen molar-refractivity contribution in [1.82, 2.24) is 0 Å². The van der Waals surface area contributed by atoms with Gasteiger partial charge in [-0.15, -0.1) is 0 Å². The molecule has 19 heavy (non-hydrogen) atoms. The van der Waals surface area contributed by atoms with Gasteiger partial charge < -0.3 is 20.7 Å². The first-order valence-corrected chi connectivity index (χ1v) is 7.02. The minimum absolute atomic E-state index is 0.156. The lowest BCUT2D eigenvalue weighted by atomic mass is 10.1. The summed E-state index contributed by atoms with van der Waals surface area (Å²) in [6.07, 6.45) is 0. The highest BCUT2D eigenvalue weighted by Crippen LogP contribution is 2.37. The van der Waals surface area contributed by atoms with Crippen molar-refractivity contribution in [2.75, 3.05) is 37.0 Å². The summed E-state index contributed by atoms with van der Waals surface area (Å²) in [4.78, 5) is 13.6. The quantitative estimate of drug-likeness (QED) is 0.810. The Morgan fingerprint density at radius 1 is 1.53 bits per heavy atom. The zero-order valence-electron chi connectivity index (χ0n) is 11.1. The third kappa shape index (κ3) is 2.91. The standard InChI is InChI=1S/C13H18BrN3O2/c1-3-19-5-4-17(2)11-7-10-8(6-9(11)14)12(15)13(18)16-10/h6-7,12H,3-5,15H2,1-2H3,(H,16,18). The number of hydrogen-bond donors (Lipinski definition) is 2. The molecule has 104 valence electrons. The highest BCUT2D eigenvalue weighted by Gasteiger charge is 2.28. The number of halogens is 1. The maximum Gasteiger partial charge on any atom is 0.245 e. The molecule has 1 aromatic rings. The number of rotatable bonds is 5. The number of ether oxygens (including phenoxy) is 1. The lowest BCUT2D eigenvalue weighted by Gasteiger charge is -2.21. The summed E-state index contributed by atoms with van der Waals surface area (Å²) in [6, 6.07) is 3.27. The van der Waals surface area contributed by atoms with Crippen molar-refractivity contribution >= 4 is 33.2 Å². The fourth-order valence-corrected chi connectivity index (χ4v) is 2.72. The molecule has 1 unspecified atom stereocenters. The van der Waals surface area contributed by atoms with Crippen LogP contribution in [-0.4, -0.2) is 32.7 Å². The summed E-state index contributed by atoms with van der Waals surface area (Å²) < 4.78 is 6.27. The number of nitrogens with zero attached hydrogens (tertiary/aromatic N) is 1. The zero-order valence-corrected chi connectivity index (χ0v) is 12.7. The fraction of sp³-hybridized carbons (Fsp3) is 0.462. The lowest BCUT2D eigenvalue weighted by molar-refractivity contribution is -0.116. The van der Waals surface area contributed by atoms with E-state index >= 15 is 0 Å². The van der Waals surface area contributed by atoms with Gasteiger partial charge in [-0.2, -0.15) is 0 Å². The van der Waals surface area contributed by atoms with Crippen LogP contribution in [0.4, 0.5) is 11.4 Å². The van der Waals surface area contributed by atoms with Crippen LogP contribution in [0, 0.1) is 0 Å². The number of carbonyl (C=O) groups excluding carboxylic acids is 1. The van der Waals surface area contributed by atoms with E-state index < -0.39 is 6.04 Å². The van der Waals surface area contributed by atoms with Gasteiger partial charge in [-0.1, -0.05) is 0 Å². The Balaban J connectivity index is 2.19. The second-order valence-corrected chi connectivity index (χ2v) is 5.33. The first-order valence-electron chi connectivity index (χ1n) is 6.23. The lowest BCUT2D eigenvalue weighted by Crippen LogP contribution is -2.23. The van der Waals surface area contributed by atoms with Crippen molar-refractivity contribution in [2.45, 2.75) is 13.0 Å². The van der Waals surface area contributed by atoms with E-state index in [1.807, 2.05) is 26.1 Å². The average Bonchev–Trinajstić information content (AvgIpc) is 2.65. The normalized spacial score (nSPS) is 17.3. The molecule has 0 aromatic heterocycles. The van der Waals surface area contributed by atoms with Crippen LogP contribution in [0.1, 0.15) is 18.5 Å². The van der Waals surface area contributed by atoms with Gasteiger partial charge in [0, 0.05) is 35.9 Å². The summed E-state index contributed by atoms with van der Waals surface area (Å²) in [5.74, 6) is -0.156. The van der Waals surface area contributed by atoms with E-state index in [0.29, 0.717) is 13.2 Å². The van der Waals surface area contributed by atoms with Gasteiger partial charge in [-0.05, 0) is 35.0 Å². The van der Waals surface area contributed by atoms with E-state index in [2.05, 4.69) is 26.1 Å². The Morgan fingerprint density at radius 3 is 2.95 bits per heavy atom. The van der Waals surface area contributed by atoms with Gasteiger partial charge in [0.2, 0.25) is 5.91 Å². The number of nitrogens with two attached hydrogens (primary N) is 1. The molecular weight excluding hydrogens is 310 g/mol. The third-order valence-electron chi connectivity index (χ3n) is 3.18. The molecule has 2 rings (SSSR count). The zero-order chi connectivity index (χ0) is 14.0. The molecule has 0 bridgehead atoms. The molecule has 0 saturated heterocycles. The molecule has 6 heteroatoms. The van der Waals surface area contributed by atoms with E-state index in [1.165, 1.54) is 0 Å². The molecule has 3 N–H and O–H groups in total. The maximum atomic E-state index is 11.5. The van der Waals surface area contributed by atoms with Gasteiger partial charge >= 0.3 is 0 Å². The van der Waals surface area contributed by atoms with Gasteiger partial charge in [-0.25, -0.2) is 0 Å². The molecule has 0 spiro atoms. The predicted molar refractivity (Wildman–Crippen MR) is 79.5 cm³/mol. The SMILES string of the molecule is CCOCCN(C)c1cc2c(cc1Br)C(N)C(=O)N2. The topological polar surface area (TPSA) is 67.6 Å². The molecule has 0 radical (unpaired) electrons. The monoisotopic (exact) mass is 327 g/mol. The van der Waals surface area contributed by atoms with Crippen molar-refractivity contribution in [2.24, 2.45) is 5.73 Å². The Hall–Kier alpha value is -1.11. The molecule has 0 saturated carbocycles. The number of fused-ring (bicyclic) bond motifs is 1. The van der Waals surface area contributed by atoms with Crippen LogP contribution in [0.25, 0.3) is 0 Å². The summed E-state index contributed by atoms with van der Waals surface area (Å²) in [5.41, 5.74) is 8.45. The Bertz CT molecular complexity index is 493. The largest absolute Gasteiger partial charge is 0.380 e. The van der Waals surface area contributed by atoms with E-state index in [9.17, 15) is 4.79 Å². The van der Waals surface area contributed by atoms with Crippen LogP contribution in [0.15, 0.2) is 16.6 Å². The van der Waals surface area contributed by atoms with Crippen LogP contribution in [0.5, 0.6) is 0 Å². The van der Waals surface area contributed by atoms with Gasteiger partial charge in [0.1, 0.15) is 6.04 Å². The molecule has 1 heterocycles. The predicted octanol–water partition coefficient (Wildman–Crippen LogP) is 1.87. The summed E-state index contributed by atoms with van der Waals surface area (Å²) in [7, 11) is 1.99. The number of carbonyl (C=O) groups is 1. The molecule has 5 nitrogen and oxygen atoms in total. The van der Waals surface area contributed by atoms with Crippen molar-refractivity contribution in [3.63, 3.8) is 0 Å². The number of benzene rings is 1. The smallest absolute Gasteiger partial charge is 0.245 e. The Morgan fingerprint density at radius 2 is 2.26 bits per heavy atom. The van der Waals surface area contributed by atoms with Crippen LogP contribution in [0.2, 0.25) is 0 Å². The van der Waals surface area contributed by atoms with Crippen LogP contribution >= 0.6 is 15.9 Å². The molecule has 1 aromatic carbocycles. The summed E-state index contributed by atoms with van der Waals surface area (Å²) in [6.45, 7) is 4.14. The van der Waals surface area contributed by atoms with Gasteiger partial charge in [0.15, 0.2) is 0 Å². The van der Waals surface area contributed by atoms with Gasteiger partial charge in [0.05, 0.1) is 12.3 Å². The van der Waals surface area contributed by atoms with E-state index in [-0.39, 0.29) is 5.91 Å². The second kappa shape index (κ2) is 5.90. The van der Waals surface area contributed by atoms with E-state index in [0.717, 1.165) is 28.0 Å². The van der Waals surface area contributed by atoms with Crippen LogP contribution in [-0.2, 0) is 9.53 Å². The first kappa shape index (κ1) is 14.3. The van der Waals surface area contributed by atoms with Crippen molar-refractivity contribution in [1.29, 1.82) is 0 Å². The number of hydrogen-bond acceptors (Lipinski definition) is 4. The minimum atomic E-state index is -0.575. The minimum Gasteiger partial charge on any atom is -0.380 e. The maximum absolute atomic E-state index is 11.5. The number of anilines is 2. The number of likely N-dealkylation sites (N-methyl/N-ethyl adjacent to an activating group) is 1. The van der Waals surface area contributed by atoms with Gasteiger partial charge in [-0.3, -0.25) is 4.79 Å². The molecule has 1 aliphatic heterocycles. The number of nitrogens with one attached hydrogen (secondary N) is 1. The van der Waals surface area contributed by atoms with Crippen molar-refractivity contribution < 1.29 is 9.53 Å². The average molecular weight is 328 g/mol. The highest BCUT2D eigenvalue weighted by molar-refractivity contribution is 9.10. The van der Waals surface area contributed by atoms with E-state index in [1.54, 1.807) is 0 Å². The van der Waals surface area contributed by atoms with Gasteiger partial charge in [0.25, 0.3) is 0 Å². The van der Waals surface area contributed by atoms with E-state index in [4.69, 9.17) is 10.5 Å². The first-order chi connectivity index (χ1) is 9.04. The molecule has 0 fully saturated rings. The van der Waals surface area contributed by atoms with Crippen LogP contribution < -0.4 is 16.0 Å². The molecule has 1 aliphatic rings.